The van der Waals surface area contributed by atoms with Crippen molar-refractivity contribution < 1.29 is 9.63 Å². The van der Waals surface area contributed by atoms with Crippen LogP contribution in [-0.2, 0) is 16.7 Å². The number of piperidine rings is 1. The number of hydrogen-bond donors (Lipinski definition) is 1. The number of anilines is 1. The Morgan fingerprint density at radius 3 is 2.54 bits per heavy atom. The van der Waals surface area contributed by atoms with Gasteiger partial charge in [-0.3, -0.25) is 14.3 Å². The molecule has 0 aliphatic carbocycles. The number of rotatable bonds is 5. The highest BCUT2D eigenvalue weighted by Gasteiger charge is 2.24. The predicted molar refractivity (Wildman–Crippen MR) is 110 cm³/mol. The van der Waals surface area contributed by atoms with Crippen molar-refractivity contribution in [3.05, 3.63) is 45.4 Å². The number of carbonyl (C=O) groups is 1. The van der Waals surface area contributed by atoms with Gasteiger partial charge in [-0.05, 0) is 56.7 Å². The molecule has 0 saturated carbocycles. The molecule has 28 heavy (non-hydrogen) atoms. The Morgan fingerprint density at radius 1 is 1.21 bits per heavy atom. The number of hydroxylamine groups is 2. The van der Waals surface area contributed by atoms with Crippen molar-refractivity contribution in [3.63, 3.8) is 0 Å². The van der Waals surface area contributed by atoms with Gasteiger partial charge in [-0.1, -0.05) is 12.1 Å². The number of carbonyl (C=O) groups excluding carboxylic acids is 1. The summed E-state index contributed by atoms with van der Waals surface area (Å²) in [5.41, 5.74) is 3.84. The minimum atomic E-state index is -0.198. The molecule has 2 heterocycles. The van der Waals surface area contributed by atoms with E-state index in [1.165, 1.54) is 0 Å². The lowest BCUT2D eigenvalue weighted by Crippen LogP contribution is -2.34. The molecule has 0 spiro atoms. The van der Waals surface area contributed by atoms with Crippen molar-refractivity contribution in [1.82, 2.24) is 14.4 Å². The molecule has 7 nitrogen and oxygen atoms in total. The van der Waals surface area contributed by atoms with Gasteiger partial charge in [0.1, 0.15) is 5.69 Å². The van der Waals surface area contributed by atoms with Gasteiger partial charge in [0, 0.05) is 26.6 Å². The van der Waals surface area contributed by atoms with E-state index in [1.807, 2.05) is 51.1 Å². The molecular weight excluding hydrogens is 356 g/mol. The van der Waals surface area contributed by atoms with Crippen molar-refractivity contribution in [1.29, 1.82) is 0 Å². The summed E-state index contributed by atoms with van der Waals surface area (Å²) < 4.78 is 3.43. The normalized spacial score (nSPS) is 15.8. The molecule has 1 fully saturated rings. The SMILES string of the molecule is CON1CCC(CC(=O)Nc2c(C)n(C)n(-c3cc(C)ccc3C)c2=O)CC1. The lowest BCUT2D eigenvalue weighted by atomic mass is 9.94. The third kappa shape index (κ3) is 4.05. The first-order chi connectivity index (χ1) is 13.3. The van der Waals surface area contributed by atoms with Crippen molar-refractivity contribution in [2.75, 3.05) is 25.5 Å². The zero-order chi connectivity index (χ0) is 20.4. The molecular formula is C21H30N4O3. The van der Waals surface area contributed by atoms with Gasteiger partial charge in [0.25, 0.3) is 5.56 Å². The lowest BCUT2D eigenvalue weighted by Gasteiger charge is -2.29. The summed E-state index contributed by atoms with van der Waals surface area (Å²) in [5.74, 6) is 0.214. The molecule has 152 valence electrons. The molecule has 0 unspecified atom stereocenters. The minimum absolute atomic E-state index is 0.102. The molecule has 7 heteroatoms. The summed E-state index contributed by atoms with van der Waals surface area (Å²) in [7, 11) is 3.51. The zero-order valence-corrected chi connectivity index (χ0v) is 17.4. The number of amides is 1. The smallest absolute Gasteiger partial charge is 0.295 e. The predicted octanol–water partition coefficient (Wildman–Crippen LogP) is 2.70. The molecule has 1 N–H and O–H groups in total. The Kier molecular flexibility index (Phi) is 6.05. The second-order valence-electron chi connectivity index (χ2n) is 7.70. The quantitative estimate of drug-likeness (QED) is 0.858. The highest BCUT2D eigenvalue weighted by molar-refractivity contribution is 5.91. The molecule has 1 aromatic carbocycles. The van der Waals surface area contributed by atoms with E-state index < -0.39 is 0 Å². The van der Waals surface area contributed by atoms with Crippen molar-refractivity contribution in [3.8, 4) is 5.69 Å². The maximum Gasteiger partial charge on any atom is 0.295 e. The summed E-state index contributed by atoms with van der Waals surface area (Å²) in [5, 5.41) is 4.79. The molecule has 1 saturated heterocycles. The third-order valence-electron chi connectivity index (χ3n) is 5.72. The van der Waals surface area contributed by atoms with Gasteiger partial charge in [-0.15, -0.1) is 0 Å². The molecule has 1 aliphatic heterocycles. The minimum Gasteiger partial charge on any atom is -0.320 e. The van der Waals surface area contributed by atoms with Gasteiger partial charge < -0.3 is 10.2 Å². The molecule has 3 rings (SSSR count). The van der Waals surface area contributed by atoms with E-state index in [1.54, 1.807) is 16.5 Å². The molecule has 0 bridgehead atoms. The summed E-state index contributed by atoms with van der Waals surface area (Å²) in [6, 6.07) is 6.02. The summed E-state index contributed by atoms with van der Waals surface area (Å²) in [6.07, 6.45) is 2.26. The average Bonchev–Trinajstić information content (AvgIpc) is 2.88. The summed E-state index contributed by atoms with van der Waals surface area (Å²) >= 11 is 0. The van der Waals surface area contributed by atoms with E-state index in [2.05, 4.69) is 5.32 Å². The number of benzene rings is 1. The molecule has 0 atom stereocenters. The monoisotopic (exact) mass is 386 g/mol. The van der Waals surface area contributed by atoms with Crippen LogP contribution in [0, 0.1) is 26.7 Å². The highest BCUT2D eigenvalue weighted by atomic mass is 16.7. The Bertz CT molecular complexity index is 920. The van der Waals surface area contributed by atoms with E-state index in [0.717, 1.165) is 48.4 Å². The van der Waals surface area contributed by atoms with Crippen LogP contribution in [0.25, 0.3) is 5.69 Å². The van der Waals surface area contributed by atoms with E-state index in [0.29, 0.717) is 18.0 Å². The van der Waals surface area contributed by atoms with Crippen LogP contribution in [0.5, 0.6) is 0 Å². The van der Waals surface area contributed by atoms with Gasteiger partial charge >= 0.3 is 0 Å². The number of nitrogens with zero attached hydrogens (tertiary/aromatic N) is 3. The fourth-order valence-electron chi connectivity index (χ4n) is 3.82. The highest BCUT2D eigenvalue weighted by Crippen LogP contribution is 2.22. The number of aromatic nitrogens is 2. The van der Waals surface area contributed by atoms with Crippen LogP contribution in [0.2, 0.25) is 0 Å². The van der Waals surface area contributed by atoms with E-state index in [4.69, 9.17) is 4.84 Å². The van der Waals surface area contributed by atoms with Crippen LogP contribution in [0.3, 0.4) is 0 Å². The third-order valence-corrected chi connectivity index (χ3v) is 5.72. The fourth-order valence-corrected chi connectivity index (χ4v) is 3.82. The topological polar surface area (TPSA) is 68.5 Å². The van der Waals surface area contributed by atoms with Gasteiger partial charge in [0.15, 0.2) is 0 Å². The number of aryl methyl sites for hydroxylation is 2. The summed E-state index contributed by atoms with van der Waals surface area (Å²) in [6.45, 7) is 7.50. The van der Waals surface area contributed by atoms with Crippen LogP contribution < -0.4 is 10.9 Å². The average molecular weight is 386 g/mol. The number of hydrogen-bond acceptors (Lipinski definition) is 4. The number of nitrogens with one attached hydrogen (secondary N) is 1. The largest absolute Gasteiger partial charge is 0.320 e. The first-order valence-corrected chi connectivity index (χ1v) is 9.77. The van der Waals surface area contributed by atoms with E-state index >= 15 is 0 Å². The van der Waals surface area contributed by atoms with Crippen LogP contribution in [0.15, 0.2) is 23.0 Å². The molecule has 1 amide bonds. The van der Waals surface area contributed by atoms with Gasteiger partial charge in [-0.25, -0.2) is 4.68 Å². The van der Waals surface area contributed by atoms with Crippen LogP contribution in [-0.4, -0.2) is 40.5 Å². The van der Waals surface area contributed by atoms with E-state index in [9.17, 15) is 9.59 Å². The van der Waals surface area contributed by atoms with Gasteiger partial charge in [0.05, 0.1) is 18.5 Å². The maximum atomic E-state index is 13.1. The Labute approximate surface area is 165 Å². The Hall–Kier alpha value is -2.38. The van der Waals surface area contributed by atoms with Crippen LogP contribution in [0.1, 0.15) is 36.1 Å². The van der Waals surface area contributed by atoms with Crippen molar-refractivity contribution in [2.24, 2.45) is 13.0 Å². The Morgan fingerprint density at radius 2 is 1.89 bits per heavy atom. The lowest BCUT2D eigenvalue weighted by molar-refractivity contribution is -0.149. The molecule has 1 aliphatic rings. The van der Waals surface area contributed by atoms with Crippen molar-refractivity contribution >= 4 is 11.6 Å². The maximum absolute atomic E-state index is 13.1. The zero-order valence-electron chi connectivity index (χ0n) is 17.4. The van der Waals surface area contributed by atoms with E-state index in [-0.39, 0.29) is 11.5 Å². The Balaban J connectivity index is 1.79. The summed E-state index contributed by atoms with van der Waals surface area (Å²) in [4.78, 5) is 30.9. The van der Waals surface area contributed by atoms with Gasteiger partial charge in [-0.2, -0.15) is 5.06 Å². The fraction of sp³-hybridized carbons (Fsp3) is 0.524. The first kappa shape index (κ1) is 20.4. The standard InChI is InChI=1S/C21H30N4O3/c1-14-6-7-15(2)18(12-14)25-21(27)20(16(3)23(25)4)22-19(26)13-17-8-10-24(28-5)11-9-17/h6-7,12,17H,8-11,13H2,1-5H3,(H,22,26). The van der Waals surface area contributed by atoms with Gasteiger partial charge in [0.2, 0.25) is 5.91 Å². The van der Waals surface area contributed by atoms with Crippen molar-refractivity contribution in [2.45, 2.75) is 40.0 Å². The molecule has 1 aromatic heterocycles. The second kappa shape index (κ2) is 8.32. The molecule has 0 radical (unpaired) electrons. The van der Waals surface area contributed by atoms with Crippen LogP contribution in [0.4, 0.5) is 5.69 Å². The molecule has 2 aromatic rings. The van der Waals surface area contributed by atoms with Crippen LogP contribution >= 0.6 is 0 Å². The first-order valence-electron chi connectivity index (χ1n) is 9.77. The second-order valence-corrected chi connectivity index (χ2v) is 7.70.